The molecule has 0 spiro atoms. The van der Waals surface area contributed by atoms with Crippen molar-refractivity contribution in [3.63, 3.8) is 0 Å². The average Bonchev–Trinajstić information content (AvgIpc) is 3.21. The molecule has 1 aromatic heterocycles. The third-order valence-corrected chi connectivity index (χ3v) is 7.63. The van der Waals surface area contributed by atoms with Gasteiger partial charge in [-0.05, 0) is 68.2 Å². The highest BCUT2D eigenvalue weighted by molar-refractivity contribution is 7.20. The summed E-state index contributed by atoms with van der Waals surface area (Å²) in [5, 5.41) is 10.4. The number of thiophene rings is 1. The summed E-state index contributed by atoms with van der Waals surface area (Å²) >= 11 is 1.30. The van der Waals surface area contributed by atoms with Gasteiger partial charge >= 0.3 is 5.97 Å². The van der Waals surface area contributed by atoms with E-state index in [2.05, 4.69) is 6.92 Å². The number of anilines is 1. The van der Waals surface area contributed by atoms with Crippen LogP contribution in [-0.2, 0) is 9.53 Å². The summed E-state index contributed by atoms with van der Waals surface area (Å²) in [5.41, 5.74) is 0.874. The van der Waals surface area contributed by atoms with Crippen molar-refractivity contribution < 1.29 is 23.8 Å². The van der Waals surface area contributed by atoms with Crippen LogP contribution in [0.25, 0.3) is 10.4 Å². The summed E-state index contributed by atoms with van der Waals surface area (Å²) < 4.78 is 18.9. The first-order valence-corrected chi connectivity index (χ1v) is 11.8. The number of ether oxygens (including phenoxy) is 1. The van der Waals surface area contributed by atoms with E-state index in [0.717, 1.165) is 36.1 Å². The molecule has 0 unspecified atom stereocenters. The van der Waals surface area contributed by atoms with Gasteiger partial charge in [-0.15, -0.1) is 11.3 Å². The summed E-state index contributed by atoms with van der Waals surface area (Å²) in [6, 6.07) is 7.54. The van der Waals surface area contributed by atoms with Crippen LogP contribution in [0.3, 0.4) is 0 Å². The van der Waals surface area contributed by atoms with Crippen molar-refractivity contribution in [2.24, 2.45) is 11.8 Å². The number of benzene rings is 1. The predicted molar refractivity (Wildman–Crippen MR) is 119 cm³/mol. The Kier molecular flexibility index (Phi) is 6.72. The van der Waals surface area contributed by atoms with Gasteiger partial charge in [-0.3, -0.25) is 9.69 Å². The fraction of sp³-hybridized carbons (Fsp3) is 0.500. The van der Waals surface area contributed by atoms with Gasteiger partial charge in [-0.2, -0.15) is 0 Å². The van der Waals surface area contributed by atoms with Crippen LogP contribution in [0.5, 0.6) is 0 Å². The lowest BCUT2D eigenvalue weighted by molar-refractivity contribution is -0.124. The Morgan fingerprint density at radius 1 is 1.06 bits per heavy atom. The van der Waals surface area contributed by atoms with Crippen LogP contribution in [0.2, 0.25) is 0 Å². The Labute approximate surface area is 185 Å². The van der Waals surface area contributed by atoms with Gasteiger partial charge in [-0.25, -0.2) is 9.18 Å². The smallest absolute Gasteiger partial charge is 0.338 e. The molecular formula is C24H28FNO4S. The molecule has 166 valence electrons. The van der Waals surface area contributed by atoms with Crippen molar-refractivity contribution >= 4 is 28.2 Å². The molecule has 0 atom stereocenters. The van der Waals surface area contributed by atoms with Crippen LogP contribution in [-0.4, -0.2) is 36.2 Å². The molecule has 1 aliphatic carbocycles. The molecule has 2 heterocycles. The third kappa shape index (κ3) is 4.83. The molecule has 2 aliphatic rings. The number of hydrogen-bond donors (Lipinski definition) is 1. The van der Waals surface area contributed by atoms with Gasteiger partial charge in [-0.1, -0.05) is 19.1 Å². The molecule has 1 amide bonds. The van der Waals surface area contributed by atoms with E-state index in [-0.39, 0.29) is 29.2 Å². The highest BCUT2D eigenvalue weighted by Crippen LogP contribution is 2.42. The number of rotatable bonds is 5. The number of carbonyl (C=O) groups excluding carboxylic acids is 1. The second kappa shape index (κ2) is 9.49. The second-order valence-corrected chi connectivity index (χ2v) is 9.68. The summed E-state index contributed by atoms with van der Waals surface area (Å²) in [6.07, 6.45) is 5.12. The molecule has 1 N–H and O–H groups in total. The van der Waals surface area contributed by atoms with Gasteiger partial charge in [0, 0.05) is 30.1 Å². The molecule has 1 aromatic carbocycles. The largest absolute Gasteiger partial charge is 0.478 e. The van der Waals surface area contributed by atoms with Crippen molar-refractivity contribution in [2.75, 3.05) is 18.1 Å². The molecule has 1 aliphatic heterocycles. The minimum atomic E-state index is -1.05. The van der Waals surface area contributed by atoms with Crippen molar-refractivity contribution in [1.29, 1.82) is 0 Å². The molecule has 0 bridgehead atoms. The van der Waals surface area contributed by atoms with E-state index in [4.69, 9.17) is 4.74 Å². The minimum absolute atomic E-state index is 0.0359. The predicted octanol–water partition coefficient (Wildman–Crippen LogP) is 5.59. The molecule has 2 fully saturated rings. The normalized spacial score (nSPS) is 22.3. The van der Waals surface area contributed by atoms with Gasteiger partial charge < -0.3 is 9.84 Å². The zero-order valence-electron chi connectivity index (χ0n) is 17.7. The fourth-order valence-corrected chi connectivity index (χ4v) is 5.80. The molecule has 1 saturated heterocycles. The molecule has 7 heteroatoms. The van der Waals surface area contributed by atoms with Gasteiger partial charge in [0.2, 0.25) is 5.91 Å². The lowest BCUT2D eigenvalue weighted by Gasteiger charge is -2.37. The molecule has 0 radical (unpaired) electrons. The molecule has 5 nitrogen and oxygen atoms in total. The number of carbonyl (C=O) groups is 2. The SMILES string of the molecule is CC1CCC(C(=O)N(c2sc(-c3ccc(F)cc3)cc2C(=O)O)C2CCOCC2)CC1. The van der Waals surface area contributed by atoms with Crippen LogP contribution in [0, 0.1) is 17.7 Å². The van der Waals surface area contributed by atoms with E-state index < -0.39 is 5.97 Å². The number of aromatic carboxylic acids is 1. The highest BCUT2D eigenvalue weighted by atomic mass is 32.1. The first kappa shape index (κ1) is 22.0. The summed E-state index contributed by atoms with van der Waals surface area (Å²) in [5.74, 6) is -0.806. The Balaban J connectivity index is 1.73. The maximum absolute atomic E-state index is 13.7. The molecule has 4 rings (SSSR count). The Hall–Kier alpha value is -2.25. The van der Waals surface area contributed by atoms with E-state index in [0.29, 0.717) is 37.0 Å². The fourth-order valence-electron chi connectivity index (χ4n) is 4.56. The molecule has 2 aromatic rings. The summed E-state index contributed by atoms with van der Waals surface area (Å²) in [6.45, 7) is 3.34. The lowest BCUT2D eigenvalue weighted by atomic mass is 9.82. The van der Waals surface area contributed by atoms with Crippen LogP contribution < -0.4 is 4.90 Å². The molecule has 31 heavy (non-hydrogen) atoms. The third-order valence-electron chi connectivity index (χ3n) is 6.45. The van der Waals surface area contributed by atoms with Crippen molar-refractivity contribution in [2.45, 2.75) is 51.5 Å². The molecular weight excluding hydrogens is 417 g/mol. The number of carboxylic acid groups (broad SMARTS) is 1. The average molecular weight is 446 g/mol. The first-order valence-electron chi connectivity index (χ1n) is 11.0. The number of carboxylic acids is 1. The van der Waals surface area contributed by atoms with Crippen LogP contribution in [0.1, 0.15) is 55.8 Å². The van der Waals surface area contributed by atoms with Crippen LogP contribution >= 0.6 is 11.3 Å². The molecule has 1 saturated carbocycles. The second-order valence-electron chi connectivity index (χ2n) is 8.65. The quantitative estimate of drug-likeness (QED) is 0.651. The highest BCUT2D eigenvalue weighted by Gasteiger charge is 2.36. The van der Waals surface area contributed by atoms with Crippen LogP contribution in [0.4, 0.5) is 9.39 Å². The van der Waals surface area contributed by atoms with Crippen molar-refractivity contribution in [3.8, 4) is 10.4 Å². The Bertz CT molecular complexity index is 928. The summed E-state index contributed by atoms with van der Waals surface area (Å²) in [7, 11) is 0. The standard InChI is InChI=1S/C24H28FNO4S/c1-15-2-4-17(5-3-15)22(27)26(19-10-12-30-13-11-19)23-20(24(28)29)14-21(31-23)16-6-8-18(25)9-7-16/h6-9,14-15,17,19H,2-5,10-13H2,1H3,(H,28,29). The number of amides is 1. The van der Waals surface area contributed by atoms with E-state index >= 15 is 0 Å². The van der Waals surface area contributed by atoms with E-state index in [9.17, 15) is 19.1 Å². The van der Waals surface area contributed by atoms with Gasteiger partial charge in [0.15, 0.2) is 0 Å². The van der Waals surface area contributed by atoms with Crippen molar-refractivity contribution in [1.82, 2.24) is 0 Å². The number of halogens is 1. The number of nitrogens with zero attached hydrogens (tertiary/aromatic N) is 1. The summed E-state index contributed by atoms with van der Waals surface area (Å²) in [4.78, 5) is 28.3. The minimum Gasteiger partial charge on any atom is -0.478 e. The maximum Gasteiger partial charge on any atom is 0.338 e. The topological polar surface area (TPSA) is 66.8 Å². The Morgan fingerprint density at radius 3 is 2.32 bits per heavy atom. The van der Waals surface area contributed by atoms with Crippen molar-refractivity contribution in [3.05, 3.63) is 41.7 Å². The first-order chi connectivity index (χ1) is 14.9. The zero-order chi connectivity index (χ0) is 22.0. The van der Waals surface area contributed by atoms with Gasteiger partial charge in [0.05, 0.1) is 5.56 Å². The van der Waals surface area contributed by atoms with Gasteiger partial charge in [0.25, 0.3) is 0 Å². The van der Waals surface area contributed by atoms with E-state index in [1.165, 1.54) is 23.5 Å². The lowest BCUT2D eigenvalue weighted by Crippen LogP contribution is -2.47. The number of hydrogen-bond acceptors (Lipinski definition) is 4. The van der Waals surface area contributed by atoms with Crippen LogP contribution in [0.15, 0.2) is 30.3 Å². The van der Waals surface area contributed by atoms with E-state index in [1.54, 1.807) is 23.1 Å². The zero-order valence-corrected chi connectivity index (χ0v) is 18.5. The van der Waals surface area contributed by atoms with E-state index in [1.807, 2.05) is 0 Å². The monoisotopic (exact) mass is 445 g/mol. The van der Waals surface area contributed by atoms with Gasteiger partial charge in [0.1, 0.15) is 10.8 Å². The maximum atomic E-state index is 13.7. The Morgan fingerprint density at radius 2 is 1.71 bits per heavy atom.